The van der Waals surface area contributed by atoms with Gasteiger partial charge < -0.3 is 5.73 Å². The fourth-order valence-corrected chi connectivity index (χ4v) is 5.18. The zero-order valence-electron chi connectivity index (χ0n) is 20.6. The van der Waals surface area contributed by atoms with E-state index < -0.39 is 5.54 Å². The third-order valence-corrected chi connectivity index (χ3v) is 7.10. The van der Waals surface area contributed by atoms with Gasteiger partial charge in [0.15, 0.2) is 0 Å². The summed E-state index contributed by atoms with van der Waals surface area (Å²) in [5, 5.41) is 0. The van der Waals surface area contributed by atoms with Crippen molar-refractivity contribution in [1.82, 2.24) is 0 Å². The van der Waals surface area contributed by atoms with Crippen LogP contribution in [0.2, 0.25) is 0 Å². The second-order valence-corrected chi connectivity index (χ2v) is 9.53. The number of benzene rings is 3. The van der Waals surface area contributed by atoms with Gasteiger partial charge in [-0.2, -0.15) is 0 Å². The lowest BCUT2D eigenvalue weighted by molar-refractivity contribution is 0.385. The van der Waals surface area contributed by atoms with Crippen molar-refractivity contribution in [2.75, 3.05) is 0 Å². The summed E-state index contributed by atoms with van der Waals surface area (Å²) < 4.78 is 0. The van der Waals surface area contributed by atoms with Crippen LogP contribution in [0.4, 0.5) is 0 Å². The molecule has 1 unspecified atom stereocenters. The molecule has 0 aliphatic rings. The number of rotatable bonds is 15. The highest BCUT2D eigenvalue weighted by Crippen LogP contribution is 2.43. The SMILES string of the molecule is CCCCCCCCCCCCC(c1ccccc1)C(N)(c1ccccc1)c1ccccc1. The Hall–Kier alpha value is -2.38. The highest BCUT2D eigenvalue weighted by Gasteiger charge is 2.38. The van der Waals surface area contributed by atoms with Crippen molar-refractivity contribution >= 4 is 0 Å². The van der Waals surface area contributed by atoms with E-state index in [1.165, 1.54) is 80.9 Å². The molecule has 1 atom stereocenters. The Bertz CT molecular complexity index is 833. The van der Waals surface area contributed by atoms with E-state index in [1.54, 1.807) is 0 Å². The molecule has 0 fully saturated rings. The molecule has 3 aromatic rings. The highest BCUT2D eigenvalue weighted by atomic mass is 14.8. The minimum absolute atomic E-state index is 0.234. The van der Waals surface area contributed by atoms with Crippen LogP contribution in [0.15, 0.2) is 91.0 Å². The maximum atomic E-state index is 7.44. The molecule has 0 aromatic heterocycles. The minimum Gasteiger partial charge on any atom is -0.317 e. The predicted molar refractivity (Wildman–Crippen MR) is 143 cm³/mol. The van der Waals surface area contributed by atoms with E-state index in [0.717, 1.165) is 6.42 Å². The van der Waals surface area contributed by atoms with E-state index in [2.05, 4.69) is 97.9 Å². The molecule has 3 rings (SSSR count). The molecule has 0 aliphatic carbocycles. The van der Waals surface area contributed by atoms with Crippen molar-refractivity contribution in [2.45, 2.75) is 89.0 Å². The van der Waals surface area contributed by atoms with Crippen LogP contribution in [0.1, 0.15) is 100 Å². The Kier molecular flexibility index (Phi) is 10.7. The predicted octanol–water partition coefficient (Wildman–Crippen LogP) is 8.98. The Labute approximate surface area is 202 Å². The molecular formula is C32H43N. The molecule has 0 saturated carbocycles. The molecule has 33 heavy (non-hydrogen) atoms. The van der Waals surface area contributed by atoms with Gasteiger partial charge in [-0.1, -0.05) is 162 Å². The molecule has 0 saturated heterocycles. The van der Waals surface area contributed by atoms with Gasteiger partial charge in [-0.05, 0) is 23.1 Å². The molecule has 1 heteroatoms. The normalized spacial score (nSPS) is 12.5. The van der Waals surface area contributed by atoms with Gasteiger partial charge >= 0.3 is 0 Å². The Morgan fingerprint density at radius 2 is 0.939 bits per heavy atom. The lowest BCUT2D eigenvalue weighted by Gasteiger charge is -2.39. The molecular weight excluding hydrogens is 398 g/mol. The first-order chi connectivity index (χ1) is 16.3. The van der Waals surface area contributed by atoms with E-state index in [0.29, 0.717) is 0 Å². The van der Waals surface area contributed by atoms with E-state index >= 15 is 0 Å². The minimum atomic E-state index is -0.552. The monoisotopic (exact) mass is 441 g/mol. The topological polar surface area (TPSA) is 26.0 Å². The van der Waals surface area contributed by atoms with E-state index in [4.69, 9.17) is 5.73 Å². The zero-order chi connectivity index (χ0) is 23.2. The Morgan fingerprint density at radius 1 is 0.545 bits per heavy atom. The van der Waals surface area contributed by atoms with Crippen LogP contribution in [0.5, 0.6) is 0 Å². The quantitative estimate of drug-likeness (QED) is 0.234. The van der Waals surface area contributed by atoms with Gasteiger partial charge in [0.25, 0.3) is 0 Å². The second kappa shape index (κ2) is 14.0. The summed E-state index contributed by atoms with van der Waals surface area (Å²) >= 11 is 0. The largest absolute Gasteiger partial charge is 0.317 e. The second-order valence-electron chi connectivity index (χ2n) is 9.53. The van der Waals surface area contributed by atoms with Gasteiger partial charge in [-0.3, -0.25) is 0 Å². The summed E-state index contributed by atoms with van der Waals surface area (Å²) in [6.45, 7) is 2.29. The molecule has 2 N–H and O–H groups in total. The molecule has 0 aliphatic heterocycles. The first kappa shape index (κ1) is 25.2. The van der Waals surface area contributed by atoms with Crippen LogP contribution < -0.4 is 5.73 Å². The zero-order valence-corrected chi connectivity index (χ0v) is 20.6. The van der Waals surface area contributed by atoms with Gasteiger partial charge in [-0.15, -0.1) is 0 Å². The van der Waals surface area contributed by atoms with Crippen molar-refractivity contribution in [3.63, 3.8) is 0 Å². The highest BCUT2D eigenvalue weighted by molar-refractivity contribution is 5.43. The molecule has 0 amide bonds. The van der Waals surface area contributed by atoms with E-state index in [9.17, 15) is 0 Å². The lowest BCUT2D eigenvalue weighted by Crippen LogP contribution is -2.44. The summed E-state index contributed by atoms with van der Waals surface area (Å²) in [5.74, 6) is 0.234. The molecule has 0 spiro atoms. The molecule has 0 bridgehead atoms. The van der Waals surface area contributed by atoms with Crippen LogP contribution in [-0.2, 0) is 5.54 Å². The van der Waals surface area contributed by atoms with Crippen molar-refractivity contribution in [2.24, 2.45) is 5.73 Å². The van der Waals surface area contributed by atoms with Crippen molar-refractivity contribution in [1.29, 1.82) is 0 Å². The summed E-state index contributed by atoms with van der Waals surface area (Å²) in [6, 6.07) is 32.3. The molecule has 1 nitrogen and oxygen atoms in total. The summed E-state index contributed by atoms with van der Waals surface area (Å²) in [4.78, 5) is 0. The van der Waals surface area contributed by atoms with Crippen molar-refractivity contribution in [3.8, 4) is 0 Å². The van der Waals surface area contributed by atoms with E-state index in [-0.39, 0.29) is 5.92 Å². The smallest absolute Gasteiger partial charge is 0.0735 e. The fraction of sp³-hybridized carbons (Fsp3) is 0.438. The fourth-order valence-electron chi connectivity index (χ4n) is 5.18. The third kappa shape index (κ3) is 7.30. The van der Waals surface area contributed by atoms with Gasteiger partial charge in [0.2, 0.25) is 0 Å². The van der Waals surface area contributed by atoms with Crippen molar-refractivity contribution in [3.05, 3.63) is 108 Å². The maximum Gasteiger partial charge on any atom is 0.0735 e. The average molecular weight is 442 g/mol. The maximum absolute atomic E-state index is 7.44. The van der Waals surface area contributed by atoms with Crippen LogP contribution in [0, 0.1) is 0 Å². The Balaban J connectivity index is 1.70. The first-order valence-corrected chi connectivity index (χ1v) is 13.2. The molecule has 176 valence electrons. The third-order valence-electron chi connectivity index (χ3n) is 7.10. The number of hydrogen-bond donors (Lipinski definition) is 1. The van der Waals surface area contributed by atoms with E-state index in [1.807, 2.05) is 0 Å². The van der Waals surface area contributed by atoms with Gasteiger partial charge in [-0.25, -0.2) is 0 Å². The molecule has 0 radical (unpaired) electrons. The van der Waals surface area contributed by atoms with Gasteiger partial charge in [0, 0.05) is 5.92 Å². The molecule has 3 aromatic carbocycles. The van der Waals surface area contributed by atoms with Crippen molar-refractivity contribution < 1.29 is 0 Å². The summed E-state index contributed by atoms with van der Waals surface area (Å²) in [7, 11) is 0. The summed E-state index contributed by atoms with van der Waals surface area (Å²) in [5.41, 5.74) is 10.6. The van der Waals surface area contributed by atoms with Crippen LogP contribution in [0.25, 0.3) is 0 Å². The first-order valence-electron chi connectivity index (χ1n) is 13.2. The standard InChI is InChI=1S/C32H43N/c1-2-3-4-5-6-7-8-9-10-20-27-31(28-21-14-11-15-22-28)32(33,29-23-16-12-17-24-29)30-25-18-13-19-26-30/h11-19,21-26,31H,2-10,20,27,33H2,1H3. The van der Waals surface area contributed by atoms with Gasteiger partial charge in [0.1, 0.15) is 0 Å². The molecule has 0 heterocycles. The Morgan fingerprint density at radius 3 is 1.39 bits per heavy atom. The lowest BCUT2D eigenvalue weighted by atomic mass is 9.69. The van der Waals surface area contributed by atoms with Crippen LogP contribution >= 0.6 is 0 Å². The number of unbranched alkanes of at least 4 members (excludes halogenated alkanes) is 9. The van der Waals surface area contributed by atoms with Crippen LogP contribution in [0.3, 0.4) is 0 Å². The van der Waals surface area contributed by atoms with Gasteiger partial charge in [0.05, 0.1) is 5.54 Å². The summed E-state index contributed by atoms with van der Waals surface area (Å²) in [6.07, 6.45) is 14.6. The number of nitrogens with two attached hydrogens (primary N) is 1. The number of hydrogen-bond acceptors (Lipinski definition) is 1. The average Bonchev–Trinajstić information content (AvgIpc) is 2.88. The van der Waals surface area contributed by atoms with Crippen LogP contribution in [-0.4, -0.2) is 0 Å².